The van der Waals surface area contributed by atoms with Gasteiger partial charge in [0.2, 0.25) is 0 Å². The number of carbonyl (C=O) groups excluding carboxylic acids is 1. The van der Waals surface area contributed by atoms with Crippen molar-refractivity contribution in [3.8, 4) is 11.8 Å². The van der Waals surface area contributed by atoms with Crippen LogP contribution in [-0.2, 0) is 19.1 Å². The molecule has 1 amide bonds. The standard InChI is InChI=1S/C29H29F3N6O/c1-19-3-4-22(15-20(19)5-8-25-16-21-9-10-33-27(21)36-35-25)28(39)34-24-7-6-23(26(17-24)29(30,31)32)18-38-13-11-37(2)12-14-38/h3-4,6-7,9-10,15,17,25,33H,11-14,16,18H2,1-2H3,(H,34,39). The zero-order valence-electron chi connectivity index (χ0n) is 21.8. The highest BCUT2D eigenvalue weighted by molar-refractivity contribution is 6.04. The van der Waals surface area contributed by atoms with Crippen LogP contribution in [0.4, 0.5) is 24.7 Å². The van der Waals surface area contributed by atoms with Gasteiger partial charge in [-0.3, -0.25) is 9.69 Å². The fourth-order valence-corrected chi connectivity index (χ4v) is 4.67. The van der Waals surface area contributed by atoms with Crippen LogP contribution in [0.5, 0.6) is 0 Å². The largest absolute Gasteiger partial charge is 0.416 e. The number of anilines is 1. The minimum atomic E-state index is -4.53. The number of carbonyl (C=O) groups is 1. The van der Waals surface area contributed by atoms with Gasteiger partial charge in [0.25, 0.3) is 5.91 Å². The summed E-state index contributed by atoms with van der Waals surface area (Å²) in [6.45, 7) is 5.15. The Morgan fingerprint density at radius 1 is 1.13 bits per heavy atom. The molecule has 1 aromatic heterocycles. The third kappa shape index (κ3) is 6.38. The van der Waals surface area contributed by atoms with Crippen LogP contribution in [0, 0.1) is 18.8 Å². The maximum atomic E-state index is 13.9. The molecule has 3 aromatic rings. The molecule has 0 saturated carbocycles. The van der Waals surface area contributed by atoms with Gasteiger partial charge in [0.05, 0.1) is 5.56 Å². The number of hydrogen-bond donors (Lipinski definition) is 2. The Morgan fingerprint density at radius 3 is 2.69 bits per heavy atom. The predicted octanol–water partition coefficient (Wildman–Crippen LogP) is 5.40. The molecule has 2 aliphatic heterocycles. The van der Waals surface area contributed by atoms with Crippen molar-refractivity contribution < 1.29 is 18.0 Å². The lowest BCUT2D eigenvalue weighted by molar-refractivity contribution is -0.138. The van der Waals surface area contributed by atoms with Gasteiger partial charge in [-0.15, -0.1) is 5.11 Å². The second kappa shape index (κ2) is 11.0. The highest BCUT2D eigenvalue weighted by Crippen LogP contribution is 2.35. The van der Waals surface area contributed by atoms with Gasteiger partial charge in [0.15, 0.2) is 5.82 Å². The lowest BCUT2D eigenvalue weighted by Gasteiger charge is -2.33. The number of benzene rings is 2. The number of piperazine rings is 1. The first-order valence-corrected chi connectivity index (χ1v) is 12.8. The van der Waals surface area contributed by atoms with Crippen molar-refractivity contribution in [3.05, 3.63) is 82.0 Å². The summed E-state index contributed by atoms with van der Waals surface area (Å²) in [5.41, 5.74) is 2.43. The van der Waals surface area contributed by atoms with Gasteiger partial charge >= 0.3 is 6.18 Å². The maximum Gasteiger partial charge on any atom is 0.416 e. The van der Waals surface area contributed by atoms with Crippen molar-refractivity contribution in [1.82, 2.24) is 14.8 Å². The molecule has 202 valence electrons. The summed E-state index contributed by atoms with van der Waals surface area (Å²) in [5.74, 6) is 6.43. The van der Waals surface area contributed by atoms with Crippen LogP contribution in [0.3, 0.4) is 0 Å². The number of aromatic amines is 1. The topological polar surface area (TPSA) is 76.1 Å². The van der Waals surface area contributed by atoms with E-state index in [-0.39, 0.29) is 23.8 Å². The molecule has 39 heavy (non-hydrogen) atoms. The summed E-state index contributed by atoms with van der Waals surface area (Å²) >= 11 is 0. The van der Waals surface area contributed by atoms with Crippen LogP contribution in [0.25, 0.3) is 0 Å². The molecule has 5 rings (SSSR count). The molecule has 2 N–H and O–H groups in total. The number of nitrogens with one attached hydrogen (secondary N) is 2. The zero-order chi connectivity index (χ0) is 27.6. The van der Waals surface area contributed by atoms with Crippen LogP contribution in [0.1, 0.15) is 38.2 Å². The molecule has 1 fully saturated rings. The zero-order valence-corrected chi connectivity index (χ0v) is 21.8. The molecule has 1 atom stereocenters. The molecule has 1 unspecified atom stereocenters. The second-order valence-corrected chi connectivity index (χ2v) is 9.99. The number of rotatable bonds is 4. The van der Waals surface area contributed by atoms with Crippen LogP contribution in [-0.4, -0.2) is 60.0 Å². The Morgan fingerprint density at radius 2 is 1.92 bits per heavy atom. The Hall–Kier alpha value is -3.94. The third-order valence-electron chi connectivity index (χ3n) is 7.06. The maximum absolute atomic E-state index is 13.9. The number of alkyl halides is 3. The third-order valence-corrected chi connectivity index (χ3v) is 7.06. The summed E-state index contributed by atoms with van der Waals surface area (Å²) < 4.78 is 41.8. The van der Waals surface area contributed by atoms with Crippen molar-refractivity contribution in [1.29, 1.82) is 0 Å². The van der Waals surface area contributed by atoms with Gasteiger partial charge in [-0.05, 0) is 55.4 Å². The number of azo groups is 1. The van der Waals surface area contributed by atoms with E-state index >= 15 is 0 Å². The van der Waals surface area contributed by atoms with Gasteiger partial charge in [-0.25, -0.2) is 0 Å². The summed E-state index contributed by atoms with van der Waals surface area (Å²) in [4.78, 5) is 20.2. The number of hydrogen-bond acceptors (Lipinski definition) is 5. The van der Waals surface area contributed by atoms with Crippen LogP contribution >= 0.6 is 0 Å². The number of nitrogens with zero attached hydrogens (tertiary/aromatic N) is 4. The molecule has 10 heteroatoms. The van der Waals surface area contributed by atoms with E-state index in [1.165, 1.54) is 12.1 Å². The molecule has 0 spiro atoms. The molecule has 0 bridgehead atoms. The van der Waals surface area contributed by atoms with Crippen LogP contribution < -0.4 is 5.32 Å². The molecular weight excluding hydrogens is 505 g/mol. The monoisotopic (exact) mass is 534 g/mol. The lowest BCUT2D eigenvalue weighted by atomic mass is 10.0. The van der Waals surface area contributed by atoms with Gasteiger partial charge in [-0.1, -0.05) is 24.0 Å². The number of likely N-dealkylation sites (N-methyl/N-ethyl adjacent to an activating group) is 1. The summed E-state index contributed by atoms with van der Waals surface area (Å²) in [5, 5.41) is 11.0. The van der Waals surface area contributed by atoms with E-state index < -0.39 is 17.6 Å². The normalized spacial score (nSPS) is 17.8. The number of fused-ring (bicyclic) bond motifs is 1. The minimum absolute atomic E-state index is 0.0904. The number of aromatic nitrogens is 1. The molecule has 0 radical (unpaired) electrons. The number of amides is 1. The first-order chi connectivity index (χ1) is 18.7. The molecule has 2 aliphatic rings. The van der Waals surface area contributed by atoms with E-state index in [0.717, 1.165) is 36.1 Å². The summed E-state index contributed by atoms with van der Waals surface area (Å²) in [7, 11) is 2.00. The van der Waals surface area contributed by atoms with Crippen molar-refractivity contribution in [2.75, 3.05) is 38.5 Å². The van der Waals surface area contributed by atoms with Crippen molar-refractivity contribution >= 4 is 17.4 Å². The first-order valence-electron chi connectivity index (χ1n) is 12.8. The molecule has 3 heterocycles. The average molecular weight is 535 g/mol. The van der Waals surface area contributed by atoms with Gasteiger partial charge in [0.1, 0.15) is 6.04 Å². The van der Waals surface area contributed by atoms with E-state index in [4.69, 9.17) is 0 Å². The predicted molar refractivity (Wildman–Crippen MR) is 143 cm³/mol. The fraction of sp³-hybridized carbons (Fsp3) is 0.345. The Labute approximate surface area is 225 Å². The van der Waals surface area contributed by atoms with Gasteiger partial charge in [0, 0.05) is 67.7 Å². The minimum Gasteiger partial charge on any atom is -0.345 e. The van der Waals surface area contributed by atoms with E-state index in [2.05, 4.69) is 37.3 Å². The number of aryl methyl sites for hydroxylation is 1. The van der Waals surface area contributed by atoms with E-state index in [0.29, 0.717) is 30.6 Å². The number of H-pyrrole nitrogens is 1. The van der Waals surface area contributed by atoms with Crippen LogP contribution in [0.2, 0.25) is 0 Å². The van der Waals surface area contributed by atoms with E-state index in [1.54, 1.807) is 18.2 Å². The summed E-state index contributed by atoms with van der Waals surface area (Å²) in [6, 6.07) is 10.7. The van der Waals surface area contributed by atoms with E-state index in [9.17, 15) is 18.0 Å². The molecular formula is C29H29F3N6O. The highest BCUT2D eigenvalue weighted by Gasteiger charge is 2.34. The van der Waals surface area contributed by atoms with Crippen LogP contribution in [0.15, 0.2) is 58.9 Å². The highest BCUT2D eigenvalue weighted by atomic mass is 19.4. The smallest absolute Gasteiger partial charge is 0.345 e. The van der Waals surface area contributed by atoms with Crippen molar-refractivity contribution in [3.63, 3.8) is 0 Å². The Bertz CT molecular complexity index is 1460. The lowest BCUT2D eigenvalue weighted by Crippen LogP contribution is -2.44. The molecule has 2 aromatic carbocycles. The summed E-state index contributed by atoms with van der Waals surface area (Å²) in [6.07, 6.45) is -2.09. The fourth-order valence-electron chi connectivity index (χ4n) is 4.67. The molecule has 1 saturated heterocycles. The SMILES string of the molecule is Cc1ccc(C(=O)Nc2ccc(CN3CCN(C)CC3)c(C(F)(F)F)c2)cc1C#CC1Cc2cc[nH]c2N=N1. The molecule has 0 aliphatic carbocycles. The Balaban J connectivity index is 1.31. The molecule has 7 nitrogen and oxygen atoms in total. The quantitative estimate of drug-likeness (QED) is 0.440. The van der Waals surface area contributed by atoms with Gasteiger partial charge in [-0.2, -0.15) is 18.3 Å². The van der Waals surface area contributed by atoms with Crippen molar-refractivity contribution in [2.24, 2.45) is 10.2 Å². The first kappa shape index (κ1) is 26.7. The second-order valence-electron chi connectivity index (χ2n) is 9.99. The van der Waals surface area contributed by atoms with Crippen molar-refractivity contribution in [2.45, 2.75) is 32.1 Å². The van der Waals surface area contributed by atoms with E-state index in [1.807, 2.05) is 31.1 Å². The van der Waals surface area contributed by atoms with Gasteiger partial charge < -0.3 is 15.2 Å². The average Bonchev–Trinajstić information content (AvgIpc) is 3.38. The Kier molecular flexibility index (Phi) is 7.55. The number of halogens is 3.